The lowest BCUT2D eigenvalue weighted by atomic mass is 10.1. The molecule has 32 heavy (non-hydrogen) atoms. The van der Waals surface area contributed by atoms with Crippen molar-refractivity contribution in [2.45, 2.75) is 0 Å². The van der Waals surface area contributed by atoms with E-state index in [1.54, 1.807) is 49.5 Å². The van der Waals surface area contributed by atoms with Gasteiger partial charge in [0.05, 0.1) is 26.6 Å². The van der Waals surface area contributed by atoms with Crippen LogP contribution in [0.4, 0.5) is 11.4 Å². The number of furan rings is 1. The zero-order valence-electron chi connectivity index (χ0n) is 16.6. The second kappa shape index (κ2) is 8.52. The Balaban J connectivity index is 1.61. The Hall–Kier alpha value is -4.18. The van der Waals surface area contributed by atoms with Gasteiger partial charge in [0.2, 0.25) is 0 Å². The first-order valence-corrected chi connectivity index (χ1v) is 10.1. The molecule has 1 aliphatic rings. The van der Waals surface area contributed by atoms with Gasteiger partial charge < -0.3 is 9.52 Å². The summed E-state index contributed by atoms with van der Waals surface area (Å²) < 4.78 is 5.73. The molecule has 9 nitrogen and oxygen atoms in total. The number of aliphatic imine (C=N–C) groups is 1. The van der Waals surface area contributed by atoms with E-state index in [9.17, 15) is 19.7 Å². The first-order chi connectivity index (χ1) is 15.3. The normalized spacial score (nSPS) is 16.2. The minimum Gasteiger partial charge on any atom is -0.478 e. The summed E-state index contributed by atoms with van der Waals surface area (Å²) in [5.41, 5.74) is 0.762. The number of aromatic carboxylic acids is 1. The molecule has 160 valence electrons. The lowest BCUT2D eigenvalue weighted by Gasteiger charge is -2.07. The molecular weight excluding hydrogens is 434 g/mol. The fourth-order valence-electron chi connectivity index (χ4n) is 3.02. The number of amidine groups is 1. The first kappa shape index (κ1) is 21.1. The van der Waals surface area contributed by atoms with Gasteiger partial charge in [-0.2, -0.15) is 0 Å². The smallest absolute Gasteiger partial charge is 0.335 e. The number of carbonyl (C=O) groups excluding carboxylic acids is 1. The van der Waals surface area contributed by atoms with Crippen LogP contribution in [0.25, 0.3) is 17.4 Å². The van der Waals surface area contributed by atoms with E-state index in [1.807, 2.05) is 0 Å². The third-order valence-electron chi connectivity index (χ3n) is 4.59. The molecule has 0 aliphatic carbocycles. The van der Waals surface area contributed by atoms with Crippen molar-refractivity contribution in [3.05, 3.63) is 87.0 Å². The summed E-state index contributed by atoms with van der Waals surface area (Å²) in [4.78, 5) is 40.7. The third-order valence-corrected chi connectivity index (χ3v) is 5.65. The Kier molecular flexibility index (Phi) is 5.61. The van der Waals surface area contributed by atoms with Gasteiger partial charge in [-0.3, -0.25) is 19.8 Å². The topological polar surface area (TPSA) is 126 Å². The molecule has 0 saturated carbocycles. The number of hydrogen-bond donors (Lipinski definition) is 1. The second-order valence-corrected chi connectivity index (χ2v) is 7.71. The Labute approximate surface area is 185 Å². The van der Waals surface area contributed by atoms with Crippen molar-refractivity contribution in [3.8, 4) is 11.3 Å². The number of hydrogen-bond acceptors (Lipinski definition) is 7. The average Bonchev–Trinajstić information content (AvgIpc) is 3.35. The predicted octanol–water partition coefficient (Wildman–Crippen LogP) is 4.79. The van der Waals surface area contributed by atoms with Crippen LogP contribution in [0.2, 0.25) is 0 Å². The summed E-state index contributed by atoms with van der Waals surface area (Å²) in [5.74, 6) is -0.695. The van der Waals surface area contributed by atoms with Crippen LogP contribution in [0.15, 0.2) is 75.0 Å². The van der Waals surface area contributed by atoms with Gasteiger partial charge >= 0.3 is 5.97 Å². The standard InChI is InChI=1S/C22H15N3O6S/c1-24-20(26)19(32-22(24)23-14-6-4-5-13(11-14)21(27)28)12-15-9-10-18(31-15)16-7-2-3-8-17(16)25(29)30/h2-12H,1H3,(H,27,28). The number of nitrogens with zero attached hydrogens (tertiary/aromatic N) is 3. The molecule has 1 aliphatic heterocycles. The number of amides is 1. The Bertz CT molecular complexity index is 1310. The molecule has 0 radical (unpaired) electrons. The van der Waals surface area contributed by atoms with Crippen molar-refractivity contribution in [2.24, 2.45) is 4.99 Å². The van der Waals surface area contributed by atoms with Gasteiger partial charge in [-0.25, -0.2) is 9.79 Å². The molecule has 1 aromatic heterocycles. The van der Waals surface area contributed by atoms with E-state index >= 15 is 0 Å². The molecule has 1 saturated heterocycles. The Morgan fingerprint density at radius 1 is 1.19 bits per heavy atom. The van der Waals surface area contributed by atoms with Crippen LogP contribution in [-0.2, 0) is 4.79 Å². The largest absolute Gasteiger partial charge is 0.478 e. The highest BCUT2D eigenvalue weighted by Gasteiger charge is 2.31. The quantitative estimate of drug-likeness (QED) is 0.337. The predicted molar refractivity (Wildman–Crippen MR) is 120 cm³/mol. The minimum atomic E-state index is -1.07. The summed E-state index contributed by atoms with van der Waals surface area (Å²) in [6.07, 6.45) is 1.54. The molecule has 3 aromatic rings. The maximum atomic E-state index is 12.6. The number of carboxylic acids is 1. The van der Waals surface area contributed by atoms with Gasteiger partial charge in [0.25, 0.3) is 11.6 Å². The SMILES string of the molecule is CN1C(=O)C(=Cc2ccc(-c3ccccc3[N+](=O)[O-])o2)SC1=Nc1cccc(C(=O)O)c1. The van der Waals surface area contributed by atoms with E-state index in [4.69, 9.17) is 9.52 Å². The van der Waals surface area contributed by atoms with Crippen LogP contribution in [0.3, 0.4) is 0 Å². The average molecular weight is 449 g/mol. The monoisotopic (exact) mass is 449 g/mol. The van der Waals surface area contributed by atoms with Gasteiger partial charge in [0.1, 0.15) is 11.5 Å². The van der Waals surface area contributed by atoms with Gasteiger partial charge in [-0.1, -0.05) is 18.2 Å². The van der Waals surface area contributed by atoms with E-state index in [-0.39, 0.29) is 17.2 Å². The van der Waals surface area contributed by atoms with Crippen molar-refractivity contribution in [1.82, 2.24) is 4.90 Å². The molecule has 0 atom stereocenters. The number of thioether (sulfide) groups is 1. The number of carboxylic acid groups (broad SMARTS) is 1. The number of benzene rings is 2. The van der Waals surface area contributed by atoms with Crippen LogP contribution in [0, 0.1) is 10.1 Å². The van der Waals surface area contributed by atoms with Crippen LogP contribution in [0.1, 0.15) is 16.1 Å². The molecule has 0 spiro atoms. The van der Waals surface area contributed by atoms with Crippen molar-refractivity contribution >= 4 is 46.3 Å². The molecular formula is C22H15N3O6S. The number of carbonyl (C=O) groups is 2. The summed E-state index contributed by atoms with van der Waals surface area (Å²) >= 11 is 1.12. The number of nitro benzene ring substituents is 1. The van der Waals surface area contributed by atoms with Gasteiger partial charge in [-0.15, -0.1) is 0 Å². The van der Waals surface area contributed by atoms with E-state index in [1.165, 1.54) is 29.2 Å². The van der Waals surface area contributed by atoms with Crippen molar-refractivity contribution in [3.63, 3.8) is 0 Å². The molecule has 1 fully saturated rings. The highest BCUT2D eigenvalue weighted by atomic mass is 32.2. The van der Waals surface area contributed by atoms with Crippen LogP contribution in [-0.4, -0.2) is 39.0 Å². The summed E-state index contributed by atoms with van der Waals surface area (Å²) in [6, 6.07) is 15.6. The fraction of sp³-hybridized carbons (Fsp3) is 0.0455. The van der Waals surface area contributed by atoms with Gasteiger partial charge in [-0.05, 0) is 48.2 Å². The van der Waals surface area contributed by atoms with Crippen molar-refractivity contribution in [2.75, 3.05) is 7.05 Å². The van der Waals surface area contributed by atoms with E-state index in [0.717, 1.165) is 11.8 Å². The summed E-state index contributed by atoms with van der Waals surface area (Å²) in [7, 11) is 1.57. The summed E-state index contributed by atoms with van der Waals surface area (Å²) in [5, 5.41) is 20.8. The second-order valence-electron chi connectivity index (χ2n) is 6.70. The maximum absolute atomic E-state index is 12.6. The number of likely N-dealkylation sites (N-methyl/N-ethyl adjacent to an activating group) is 1. The number of rotatable bonds is 5. The van der Waals surface area contributed by atoms with Crippen molar-refractivity contribution < 1.29 is 24.0 Å². The maximum Gasteiger partial charge on any atom is 0.335 e. The van der Waals surface area contributed by atoms with Gasteiger partial charge in [0, 0.05) is 19.2 Å². The van der Waals surface area contributed by atoms with Crippen molar-refractivity contribution in [1.29, 1.82) is 0 Å². The third kappa shape index (κ3) is 4.16. The zero-order chi connectivity index (χ0) is 22.8. The Morgan fingerprint density at radius 2 is 1.97 bits per heavy atom. The molecule has 0 unspecified atom stereocenters. The highest BCUT2D eigenvalue weighted by molar-refractivity contribution is 8.18. The van der Waals surface area contributed by atoms with E-state index in [0.29, 0.717) is 32.8 Å². The highest BCUT2D eigenvalue weighted by Crippen LogP contribution is 2.35. The molecule has 0 bridgehead atoms. The molecule has 2 aromatic carbocycles. The molecule has 1 N–H and O–H groups in total. The first-order valence-electron chi connectivity index (χ1n) is 9.27. The fourth-order valence-corrected chi connectivity index (χ4v) is 3.98. The van der Waals surface area contributed by atoms with Gasteiger partial charge in [0.15, 0.2) is 5.17 Å². The molecule has 4 rings (SSSR count). The summed E-state index contributed by atoms with van der Waals surface area (Å²) in [6.45, 7) is 0. The number of nitro groups is 1. The number of para-hydroxylation sites is 1. The lowest BCUT2D eigenvalue weighted by Crippen LogP contribution is -2.23. The van der Waals surface area contributed by atoms with Crippen LogP contribution < -0.4 is 0 Å². The lowest BCUT2D eigenvalue weighted by molar-refractivity contribution is -0.384. The molecule has 10 heteroatoms. The molecule has 1 amide bonds. The van der Waals surface area contributed by atoms with Crippen LogP contribution in [0.5, 0.6) is 0 Å². The molecule has 2 heterocycles. The van der Waals surface area contributed by atoms with Crippen LogP contribution >= 0.6 is 11.8 Å². The van der Waals surface area contributed by atoms with E-state index in [2.05, 4.69) is 4.99 Å². The minimum absolute atomic E-state index is 0.0786. The van der Waals surface area contributed by atoms with E-state index < -0.39 is 10.9 Å². The zero-order valence-corrected chi connectivity index (χ0v) is 17.4. The Morgan fingerprint density at radius 3 is 2.72 bits per heavy atom.